The Labute approximate surface area is 86.7 Å². The van der Waals surface area contributed by atoms with Crippen LogP contribution in [-0.2, 0) is 4.79 Å². The van der Waals surface area contributed by atoms with Crippen molar-refractivity contribution < 1.29 is 19.4 Å². The molecule has 0 spiro atoms. The van der Waals surface area contributed by atoms with Crippen LogP contribution in [0.5, 0.6) is 11.5 Å². The number of aldehydes is 1. The number of hydrogen-bond acceptors (Lipinski definition) is 4. The maximum Gasteiger partial charge on any atom is 0.221 e. The lowest BCUT2D eigenvalue weighted by molar-refractivity contribution is -0.114. The van der Waals surface area contributed by atoms with Crippen LogP contribution in [0.4, 0.5) is 5.69 Å². The number of carbonyl (C=O) groups excluding carboxylic acids is 2. The molecule has 0 fully saturated rings. The second-order valence-electron chi connectivity index (χ2n) is 2.88. The van der Waals surface area contributed by atoms with Crippen LogP contribution in [0.25, 0.3) is 0 Å². The quantitative estimate of drug-likeness (QED) is 0.578. The smallest absolute Gasteiger partial charge is 0.221 e. The predicted octanol–water partition coefficient (Wildman–Crippen LogP) is 1.17. The molecular formula is C10H11NO4. The van der Waals surface area contributed by atoms with Gasteiger partial charge in [-0.25, -0.2) is 0 Å². The summed E-state index contributed by atoms with van der Waals surface area (Å²) in [5.41, 5.74) is 0.203. The SMILES string of the molecule is COc1ccc(C=O)c(O)c1NC(C)=O. The molecular weight excluding hydrogens is 198 g/mol. The molecule has 5 nitrogen and oxygen atoms in total. The summed E-state index contributed by atoms with van der Waals surface area (Å²) in [5, 5.41) is 12.0. The topological polar surface area (TPSA) is 75.6 Å². The monoisotopic (exact) mass is 209 g/mol. The first kappa shape index (κ1) is 11.0. The number of aromatic hydroxyl groups is 1. The van der Waals surface area contributed by atoms with Crippen molar-refractivity contribution in [1.29, 1.82) is 0 Å². The van der Waals surface area contributed by atoms with E-state index < -0.39 is 0 Å². The summed E-state index contributed by atoms with van der Waals surface area (Å²) in [7, 11) is 1.40. The number of hydrogen-bond donors (Lipinski definition) is 2. The van der Waals surface area contributed by atoms with Gasteiger partial charge in [0.1, 0.15) is 11.4 Å². The van der Waals surface area contributed by atoms with Crippen molar-refractivity contribution in [2.75, 3.05) is 12.4 Å². The molecule has 0 atom stereocenters. The van der Waals surface area contributed by atoms with E-state index >= 15 is 0 Å². The number of anilines is 1. The Morgan fingerprint density at radius 2 is 2.20 bits per heavy atom. The Morgan fingerprint density at radius 1 is 1.53 bits per heavy atom. The summed E-state index contributed by atoms with van der Waals surface area (Å²) in [5.74, 6) is -0.348. The highest BCUT2D eigenvalue weighted by molar-refractivity contribution is 5.95. The lowest BCUT2D eigenvalue weighted by atomic mass is 10.1. The van der Waals surface area contributed by atoms with Crippen molar-refractivity contribution in [2.24, 2.45) is 0 Å². The highest BCUT2D eigenvalue weighted by Crippen LogP contribution is 2.35. The molecule has 0 saturated carbocycles. The second kappa shape index (κ2) is 4.45. The maximum absolute atomic E-state index is 10.9. The molecule has 1 amide bonds. The van der Waals surface area contributed by atoms with Gasteiger partial charge in [-0.15, -0.1) is 0 Å². The summed E-state index contributed by atoms with van der Waals surface area (Å²) < 4.78 is 4.94. The zero-order valence-corrected chi connectivity index (χ0v) is 8.40. The van der Waals surface area contributed by atoms with E-state index in [4.69, 9.17) is 4.74 Å². The first-order valence-corrected chi connectivity index (χ1v) is 4.23. The zero-order chi connectivity index (χ0) is 11.4. The Balaban J connectivity index is 3.28. The van der Waals surface area contributed by atoms with E-state index in [-0.39, 0.29) is 22.9 Å². The lowest BCUT2D eigenvalue weighted by Crippen LogP contribution is -2.08. The van der Waals surface area contributed by atoms with Crippen LogP contribution in [0, 0.1) is 0 Å². The number of rotatable bonds is 3. The van der Waals surface area contributed by atoms with Crippen molar-refractivity contribution in [3.63, 3.8) is 0 Å². The predicted molar refractivity (Wildman–Crippen MR) is 54.4 cm³/mol. The normalized spacial score (nSPS) is 9.47. The molecule has 0 saturated heterocycles. The molecule has 5 heteroatoms. The van der Waals surface area contributed by atoms with Crippen LogP contribution >= 0.6 is 0 Å². The van der Waals surface area contributed by atoms with Crippen LogP contribution in [0.15, 0.2) is 12.1 Å². The third-order valence-corrected chi connectivity index (χ3v) is 1.82. The number of benzene rings is 1. The minimum Gasteiger partial charge on any atom is -0.505 e. The van der Waals surface area contributed by atoms with E-state index in [1.807, 2.05) is 0 Å². The van der Waals surface area contributed by atoms with Gasteiger partial charge < -0.3 is 15.2 Å². The average molecular weight is 209 g/mol. The minimum absolute atomic E-state index is 0.0968. The van der Waals surface area contributed by atoms with Crippen molar-refractivity contribution in [3.05, 3.63) is 17.7 Å². The Bertz CT molecular complexity index is 401. The molecule has 0 bridgehead atoms. The van der Waals surface area contributed by atoms with E-state index in [0.717, 1.165) is 0 Å². The van der Waals surface area contributed by atoms with Crippen LogP contribution in [-0.4, -0.2) is 24.4 Å². The van der Waals surface area contributed by atoms with Gasteiger partial charge in [0.15, 0.2) is 12.0 Å². The fourth-order valence-electron chi connectivity index (χ4n) is 1.15. The van der Waals surface area contributed by atoms with Gasteiger partial charge in [-0.1, -0.05) is 0 Å². The zero-order valence-electron chi connectivity index (χ0n) is 8.40. The van der Waals surface area contributed by atoms with Gasteiger partial charge in [0.05, 0.1) is 12.7 Å². The van der Waals surface area contributed by atoms with E-state index in [9.17, 15) is 14.7 Å². The van der Waals surface area contributed by atoms with Gasteiger partial charge in [0.2, 0.25) is 5.91 Å². The second-order valence-corrected chi connectivity index (χ2v) is 2.88. The molecule has 0 aliphatic carbocycles. The number of ether oxygens (including phenoxy) is 1. The molecule has 0 aliphatic rings. The van der Waals surface area contributed by atoms with Crippen molar-refractivity contribution in [2.45, 2.75) is 6.92 Å². The van der Waals surface area contributed by atoms with Crippen LogP contribution in [0.1, 0.15) is 17.3 Å². The van der Waals surface area contributed by atoms with Crippen LogP contribution in [0.3, 0.4) is 0 Å². The molecule has 1 aromatic rings. The number of amides is 1. The fraction of sp³-hybridized carbons (Fsp3) is 0.200. The molecule has 1 rings (SSSR count). The van der Waals surface area contributed by atoms with Gasteiger partial charge in [-0.3, -0.25) is 9.59 Å². The first-order valence-electron chi connectivity index (χ1n) is 4.23. The van der Waals surface area contributed by atoms with E-state index in [1.165, 1.54) is 26.2 Å². The van der Waals surface area contributed by atoms with Crippen molar-refractivity contribution in [1.82, 2.24) is 0 Å². The van der Waals surface area contributed by atoms with Gasteiger partial charge >= 0.3 is 0 Å². The third-order valence-electron chi connectivity index (χ3n) is 1.82. The van der Waals surface area contributed by atoms with Crippen molar-refractivity contribution in [3.8, 4) is 11.5 Å². The van der Waals surface area contributed by atoms with Gasteiger partial charge in [0, 0.05) is 6.92 Å². The number of nitrogens with one attached hydrogen (secondary N) is 1. The molecule has 2 N–H and O–H groups in total. The molecule has 0 radical (unpaired) electrons. The molecule has 15 heavy (non-hydrogen) atoms. The Morgan fingerprint density at radius 3 is 2.67 bits per heavy atom. The fourth-order valence-corrected chi connectivity index (χ4v) is 1.15. The summed E-state index contributed by atoms with van der Waals surface area (Å²) in [6, 6.07) is 2.90. The van der Waals surface area contributed by atoms with Crippen molar-refractivity contribution >= 4 is 17.9 Å². The molecule has 80 valence electrons. The van der Waals surface area contributed by atoms with E-state index in [1.54, 1.807) is 0 Å². The third kappa shape index (κ3) is 2.25. The Kier molecular flexibility index (Phi) is 3.28. The lowest BCUT2D eigenvalue weighted by Gasteiger charge is -2.11. The highest BCUT2D eigenvalue weighted by atomic mass is 16.5. The summed E-state index contributed by atoms with van der Waals surface area (Å²) in [6.07, 6.45) is 0.500. The first-order chi connectivity index (χ1) is 7.10. The molecule has 0 aliphatic heterocycles. The molecule has 0 aromatic heterocycles. The Hall–Kier alpha value is -2.04. The standard InChI is InChI=1S/C10H11NO4/c1-6(13)11-9-8(15-2)4-3-7(5-12)10(9)14/h3-5,14H,1-2H3,(H,11,13). The molecule has 1 aromatic carbocycles. The van der Waals surface area contributed by atoms with Crippen LogP contribution < -0.4 is 10.1 Å². The number of phenols is 1. The highest BCUT2D eigenvalue weighted by Gasteiger charge is 2.13. The number of methoxy groups -OCH3 is 1. The summed E-state index contributed by atoms with van der Waals surface area (Å²) >= 11 is 0. The van der Waals surface area contributed by atoms with Gasteiger partial charge in [-0.2, -0.15) is 0 Å². The summed E-state index contributed by atoms with van der Waals surface area (Å²) in [4.78, 5) is 21.4. The number of phenolic OH excluding ortho intramolecular Hbond substituents is 1. The largest absolute Gasteiger partial charge is 0.505 e. The average Bonchev–Trinajstić information content (AvgIpc) is 2.20. The molecule has 0 heterocycles. The summed E-state index contributed by atoms with van der Waals surface area (Å²) in [6.45, 7) is 1.30. The maximum atomic E-state index is 10.9. The number of carbonyl (C=O) groups is 2. The van der Waals surface area contributed by atoms with Gasteiger partial charge in [0.25, 0.3) is 0 Å². The van der Waals surface area contributed by atoms with Crippen LogP contribution in [0.2, 0.25) is 0 Å². The van der Waals surface area contributed by atoms with Gasteiger partial charge in [-0.05, 0) is 12.1 Å². The molecule has 0 unspecified atom stereocenters. The van der Waals surface area contributed by atoms with E-state index in [0.29, 0.717) is 12.0 Å². The minimum atomic E-state index is -0.355. The van der Waals surface area contributed by atoms with E-state index in [2.05, 4.69) is 5.32 Å².